The predicted molar refractivity (Wildman–Crippen MR) is 83.0 cm³/mol. The zero-order chi connectivity index (χ0) is 13.1. The van der Waals surface area contributed by atoms with Crippen molar-refractivity contribution < 1.29 is 17.1 Å². The quantitative estimate of drug-likeness (QED) is 0.445. The summed E-state index contributed by atoms with van der Waals surface area (Å²) in [5.41, 5.74) is 1.15. The maximum atomic E-state index is 4.89. The van der Waals surface area contributed by atoms with Crippen molar-refractivity contribution >= 4 is 22.3 Å². The average Bonchev–Trinajstić information content (AvgIpc) is 2.14. The van der Waals surface area contributed by atoms with E-state index in [1.165, 1.54) is 0 Å². The van der Waals surface area contributed by atoms with Gasteiger partial charge in [0.1, 0.15) is 0 Å². The van der Waals surface area contributed by atoms with Crippen LogP contribution in [0.2, 0.25) is 39.3 Å². The topological polar surface area (TPSA) is 26.5 Å². The normalized spacial score (nSPS) is 12.9. The van der Waals surface area contributed by atoms with E-state index in [2.05, 4.69) is 63.5 Å². The van der Waals surface area contributed by atoms with Gasteiger partial charge in [-0.3, -0.25) is 0 Å². The molecular formula is C13H23CuN2Si2. The summed E-state index contributed by atoms with van der Waals surface area (Å²) in [6, 6.07) is 10.3. The van der Waals surface area contributed by atoms with Gasteiger partial charge in [-0.05, 0) is 5.56 Å². The maximum absolute atomic E-state index is 4.89. The average molecular weight is 327 g/mol. The molecule has 18 heavy (non-hydrogen) atoms. The molecule has 0 aliphatic heterocycles. The molecule has 0 amide bonds. The molecule has 104 valence electrons. The second-order valence-electron chi connectivity index (χ2n) is 6.25. The second kappa shape index (κ2) is 6.71. The molecule has 1 rings (SSSR count). The Kier molecular flexibility index (Phi) is 6.57. The van der Waals surface area contributed by atoms with Crippen LogP contribution < -0.4 is 0 Å². The zero-order valence-electron chi connectivity index (χ0n) is 12.1. The number of hydrogen-bond acceptors (Lipinski definition) is 1. The van der Waals surface area contributed by atoms with Crippen molar-refractivity contribution in [2.24, 2.45) is 4.66 Å². The van der Waals surface area contributed by atoms with Gasteiger partial charge in [0.25, 0.3) is 0 Å². The SMILES string of the molecule is C[Si](C)(C)/N=C(\[N-][Si](C)(C)C)c1ccccc1.[Cu+]. The molecule has 0 bridgehead atoms. The van der Waals surface area contributed by atoms with Gasteiger partial charge in [0.2, 0.25) is 0 Å². The van der Waals surface area contributed by atoms with Gasteiger partial charge in [-0.25, -0.2) is 0 Å². The van der Waals surface area contributed by atoms with Gasteiger partial charge in [0, 0.05) is 16.5 Å². The van der Waals surface area contributed by atoms with E-state index in [0.29, 0.717) is 0 Å². The van der Waals surface area contributed by atoms with Gasteiger partial charge in [-0.15, -0.1) is 0 Å². The van der Waals surface area contributed by atoms with E-state index in [1.807, 2.05) is 6.07 Å². The molecule has 0 unspecified atom stereocenters. The number of nitrogens with zero attached hydrogens (tertiary/aromatic N) is 2. The number of rotatable bonds is 3. The Balaban J connectivity index is 0.00000289. The molecule has 0 aromatic heterocycles. The summed E-state index contributed by atoms with van der Waals surface area (Å²) in [5.74, 6) is 0.962. The molecule has 0 saturated heterocycles. The molecule has 0 fully saturated rings. The predicted octanol–water partition coefficient (Wildman–Crippen LogP) is 4.47. The number of hydrogen-bond donors (Lipinski definition) is 0. The summed E-state index contributed by atoms with van der Waals surface area (Å²) in [5, 5.41) is 0. The first kappa shape index (κ1) is 17.6. The minimum absolute atomic E-state index is 0. The molecule has 5 heteroatoms. The summed E-state index contributed by atoms with van der Waals surface area (Å²) in [6.07, 6.45) is 0. The zero-order valence-corrected chi connectivity index (χ0v) is 15.0. The summed E-state index contributed by atoms with van der Waals surface area (Å²) in [6.45, 7) is 13.5. The molecule has 0 spiro atoms. The van der Waals surface area contributed by atoms with Crippen molar-refractivity contribution in [1.29, 1.82) is 0 Å². The Morgan fingerprint density at radius 3 is 1.83 bits per heavy atom. The van der Waals surface area contributed by atoms with Gasteiger partial charge >= 0.3 is 17.1 Å². The van der Waals surface area contributed by atoms with Crippen molar-refractivity contribution in [1.82, 2.24) is 0 Å². The van der Waals surface area contributed by atoms with E-state index in [9.17, 15) is 0 Å². The van der Waals surface area contributed by atoms with Crippen LogP contribution in [-0.2, 0) is 17.1 Å². The van der Waals surface area contributed by atoms with Crippen LogP contribution in [0, 0.1) is 0 Å². The minimum atomic E-state index is -1.49. The third-order valence-corrected chi connectivity index (χ3v) is 3.68. The third-order valence-electron chi connectivity index (χ3n) is 1.91. The molecule has 0 radical (unpaired) electrons. The second-order valence-corrected chi connectivity index (χ2v) is 15.4. The summed E-state index contributed by atoms with van der Waals surface area (Å²) < 4.78 is 4.89. The van der Waals surface area contributed by atoms with Crippen LogP contribution in [0.1, 0.15) is 5.56 Å². The molecule has 0 saturated carbocycles. The molecule has 0 N–H and O–H groups in total. The van der Waals surface area contributed by atoms with Crippen LogP contribution >= 0.6 is 0 Å². The van der Waals surface area contributed by atoms with Gasteiger partial charge in [0.15, 0.2) is 0 Å². The first-order chi connectivity index (χ1) is 7.67. The fourth-order valence-electron chi connectivity index (χ4n) is 1.38. The van der Waals surface area contributed by atoms with Gasteiger partial charge in [-0.2, -0.15) is 0 Å². The van der Waals surface area contributed by atoms with Gasteiger partial charge in [-0.1, -0.05) is 75.4 Å². The molecule has 2 nitrogen and oxygen atoms in total. The first-order valence-electron chi connectivity index (χ1n) is 6.06. The Bertz CT molecular complexity index is 392. The first-order valence-corrected chi connectivity index (χ1v) is 12.9. The van der Waals surface area contributed by atoms with Crippen molar-refractivity contribution in [2.45, 2.75) is 39.3 Å². The summed E-state index contributed by atoms with van der Waals surface area (Å²) in [4.78, 5) is 4.89. The van der Waals surface area contributed by atoms with Crippen molar-refractivity contribution in [3.8, 4) is 0 Å². The Morgan fingerprint density at radius 1 is 0.944 bits per heavy atom. The van der Waals surface area contributed by atoms with E-state index >= 15 is 0 Å². The van der Waals surface area contributed by atoms with Crippen LogP contribution in [0.25, 0.3) is 4.98 Å². The van der Waals surface area contributed by atoms with Crippen molar-refractivity contribution in [2.75, 3.05) is 0 Å². The third kappa shape index (κ3) is 7.16. The monoisotopic (exact) mass is 326 g/mol. The molecule has 0 heterocycles. The minimum Gasteiger partial charge on any atom is -0.472 e. The van der Waals surface area contributed by atoms with E-state index in [4.69, 9.17) is 9.64 Å². The largest absolute Gasteiger partial charge is 1.00 e. The standard InChI is InChI=1S/C13H23N2Si2.Cu/c1-16(2,3)14-13(15-17(4,5)6)12-10-8-7-9-11-12;/h7-11H,1-6H3;/q-1;+1. The maximum Gasteiger partial charge on any atom is 1.00 e. The number of amidine groups is 1. The van der Waals surface area contributed by atoms with E-state index in [1.54, 1.807) is 0 Å². The smallest absolute Gasteiger partial charge is 0.472 e. The summed E-state index contributed by atoms with van der Waals surface area (Å²) in [7, 11) is -2.97. The van der Waals surface area contributed by atoms with Gasteiger partial charge in [0.05, 0.1) is 0 Å². The molecule has 1 aromatic rings. The van der Waals surface area contributed by atoms with Crippen LogP contribution in [0.15, 0.2) is 35.0 Å². The fraction of sp³-hybridized carbons (Fsp3) is 0.462. The van der Waals surface area contributed by atoms with Crippen LogP contribution in [0.4, 0.5) is 0 Å². The molecule has 0 atom stereocenters. The molecule has 1 aromatic carbocycles. The summed E-state index contributed by atoms with van der Waals surface area (Å²) >= 11 is 0. The van der Waals surface area contributed by atoms with Crippen molar-refractivity contribution in [3.05, 3.63) is 40.9 Å². The number of benzene rings is 1. The molecule has 0 aliphatic carbocycles. The Morgan fingerprint density at radius 2 is 1.44 bits per heavy atom. The van der Waals surface area contributed by atoms with E-state index in [-0.39, 0.29) is 17.1 Å². The van der Waals surface area contributed by atoms with Crippen LogP contribution in [-0.4, -0.2) is 22.3 Å². The Labute approximate surface area is 124 Å². The van der Waals surface area contributed by atoms with E-state index in [0.717, 1.165) is 11.4 Å². The van der Waals surface area contributed by atoms with Gasteiger partial charge < -0.3 is 9.64 Å². The molecule has 0 aliphatic rings. The van der Waals surface area contributed by atoms with Crippen molar-refractivity contribution in [3.63, 3.8) is 0 Å². The fourth-order valence-corrected chi connectivity index (χ4v) is 3.11. The van der Waals surface area contributed by atoms with E-state index < -0.39 is 16.5 Å². The van der Waals surface area contributed by atoms with Crippen LogP contribution in [0.3, 0.4) is 0 Å². The molecular weight excluding hydrogens is 304 g/mol. The Hall–Kier alpha value is -0.357. The van der Waals surface area contributed by atoms with Crippen LogP contribution in [0.5, 0.6) is 0 Å².